The fourth-order valence-corrected chi connectivity index (χ4v) is 5.81. The maximum atomic E-state index is 4.70. The van der Waals surface area contributed by atoms with Crippen LogP contribution in [0.15, 0.2) is 103 Å². The summed E-state index contributed by atoms with van der Waals surface area (Å²) in [5.41, 5.74) is 6.13. The number of imidazole rings is 1. The van der Waals surface area contributed by atoms with Gasteiger partial charge in [-0.1, -0.05) is 91.0 Å². The van der Waals surface area contributed by atoms with Gasteiger partial charge in [-0.05, 0) is 23.6 Å². The summed E-state index contributed by atoms with van der Waals surface area (Å²) in [4.78, 5) is 4.70. The average Bonchev–Trinajstić information content (AvgIpc) is 3.45. The minimum atomic E-state index is 0.969. The molecule has 0 saturated carbocycles. The molecule has 2 heterocycles. The first kappa shape index (κ1) is 18.1. The third-order valence-electron chi connectivity index (χ3n) is 5.84. The van der Waals surface area contributed by atoms with Gasteiger partial charge in [0, 0.05) is 33.4 Å². The van der Waals surface area contributed by atoms with E-state index in [0.717, 1.165) is 11.4 Å². The van der Waals surface area contributed by atoms with Crippen molar-refractivity contribution in [3.05, 3.63) is 109 Å². The van der Waals surface area contributed by atoms with Crippen molar-refractivity contribution < 1.29 is 0 Å². The lowest BCUT2D eigenvalue weighted by Gasteiger charge is -2.12. The van der Waals surface area contributed by atoms with Crippen LogP contribution in [-0.2, 0) is 0 Å². The minimum Gasteiger partial charge on any atom is -0.298 e. The summed E-state index contributed by atoms with van der Waals surface area (Å²) in [5, 5.41) is 2.61. The lowest BCUT2D eigenvalue weighted by atomic mass is 10.0. The first-order valence-corrected chi connectivity index (χ1v) is 11.2. The molecule has 0 bridgehead atoms. The van der Waals surface area contributed by atoms with Crippen molar-refractivity contribution in [2.45, 2.75) is 6.92 Å². The molecule has 6 rings (SSSR count). The molecule has 3 heteroatoms. The highest BCUT2D eigenvalue weighted by atomic mass is 32.1. The van der Waals surface area contributed by atoms with Gasteiger partial charge in [-0.15, -0.1) is 11.3 Å². The van der Waals surface area contributed by atoms with Crippen LogP contribution in [-0.4, -0.2) is 9.55 Å². The smallest absolute Gasteiger partial charge is 0.144 e. The summed E-state index contributed by atoms with van der Waals surface area (Å²) >= 11 is 1.88. The second kappa shape index (κ2) is 7.22. The maximum Gasteiger partial charge on any atom is 0.144 e. The van der Waals surface area contributed by atoms with E-state index >= 15 is 0 Å². The van der Waals surface area contributed by atoms with E-state index in [1.165, 1.54) is 42.6 Å². The normalized spacial score (nSPS) is 11.4. The van der Waals surface area contributed by atoms with Gasteiger partial charge in [0.05, 0.1) is 10.4 Å². The Morgan fingerprint density at radius 2 is 1.39 bits per heavy atom. The first-order valence-electron chi connectivity index (χ1n) is 10.4. The molecule has 0 fully saturated rings. The Morgan fingerprint density at radius 3 is 2.16 bits per heavy atom. The molecule has 0 amide bonds. The van der Waals surface area contributed by atoms with E-state index in [1.807, 2.05) is 23.6 Å². The van der Waals surface area contributed by atoms with E-state index in [-0.39, 0.29) is 0 Å². The van der Waals surface area contributed by atoms with Gasteiger partial charge < -0.3 is 0 Å². The number of nitrogens with zero attached hydrogens (tertiary/aromatic N) is 2. The zero-order chi connectivity index (χ0) is 20.8. The maximum absolute atomic E-state index is 4.70. The quantitative estimate of drug-likeness (QED) is 0.287. The second-order valence-electron chi connectivity index (χ2n) is 7.74. The topological polar surface area (TPSA) is 17.8 Å². The number of fused-ring (bicyclic) bond motifs is 3. The molecule has 4 aromatic carbocycles. The summed E-state index contributed by atoms with van der Waals surface area (Å²) in [6.07, 6.45) is 3.97. The lowest BCUT2D eigenvalue weighted by Crippen LogP contribution is -1.99. The number of hydrogen-bond donors (Lipinski definition) is 0. The summed E-state index contributed by atoms with van der Waals surface area (Å²) in [6.45, 7) is 2.19. The number of aromatic nitrogens is 2. The highest BCUT2D eigenvalue weighted by Crippen LogP contribution is 2.43. The molecule has 148 valence electrons. The molecule has 2 nitrogen and oxygen atoms in total. The van der Waals surface area contributed by atoms with E-state index < -0.39 is 0 Å². The zero-order valence-corrected chi connectivity index (χ0v) is 17.9. The molecule has 0 aliphatic rings. The fourth-order valence-electron chi connectivity index (χ4n) is 4.38. The van der Waals surface area contributed by atoms with Crippen molar-refractivity contribution in [1.29, 1.82) is 0 Å². The second-order valence-corrected chi connectivity index (χ2v) is 8.77. The van der Waals surface area contributed by atoms with E-state index in [4.69, 9.17) is 4.98 Å². The monoisotopic (exact) mass is 416 g/mol. The van der Waals surface area contributed by atoms with Crippen LogP contribution in [0, 0.1) is 6.92 Å². The van der Waals surface area contributed by atoms with Gasteiger partial charge in [-0.3, -0.25) is 4.57 Å². The Kier molecular flexibility index (Phi) is 4.22. The van der Waals surface area contributed by atoms with Crippen molar-refractivity contribution in [3.8, 4) is 28.2 Å². The molecule has 0 aliphatic heterocycles. The van der Waals surface area contributed by atoms with Crippen molar-refractivity contribution in [2.24, 2.45) is 0 Å². The Morgan fingerprint density at radius 1 is 0.677 bits per heavy atom. The molecule has 0 spiro atoms. The highest BCUT2D eigenvalue weighted by molar-refractivity contribution is 7.26. The van der Waals surface area contributed by atoms with Crippen LogP contribution in [0.3, 0.4) is 0 Å². The zero-order valence-electron chi connectivity index (χ0n) is 17.1. The Bertz CT molecular complexity index is 1530. The average molecular weight is 417 g/mol. The van der Waals surface area contributed by atoms with Crippen LogP contribution < -0.4 is 0 Å². The number of benzene rings is 4. The predicted molar refractivity (Wildman–Crippen MR) is 132 cm³/mol. The van der Waals surface area contributed by atoms with E-state index in [2.05, 4.69) is 103 Å². The molecule has 0 unspecified atom stereocenters. The summed E-state index contributed by atoms with van der Waals surface area (Å²) < 4.78 is 4.87. The van der Waals surface area contributed by atoms with E-state index in [0.29, 0.717) is 0 Å². The van der Waals surface area contributed by atoms with Crippen molar-refractivity contribution in [3.63, 3.8) is 0 Å². The molecule has 2 aromatic heterocycles. The fraction of sp³-hybridized carbons (Fsp3) is 0.0357. The molecule has 31 heavy (non-hydrogen) atoms. The van der Waals surface area contributed by atoms with E-state index in [1.54, 1.807) is 0 Å². The summed E-state index contributed by atoms with van der Waals surface area (Å²) in [7, 11) is 0. The SMILES string of the molecule is Cc1ccc2c(sc3c(-c4ccccc4)cccc32)c1-n1ccnc1-c1ccccc1. The largest absolute Gasteiger partial charge is 0.298 e. The van der Waals surface area contributed by atoms with Crippen molar-refractivity contribution in [2.75, 3.05) is 0 Å². The molecular formula is C28H20N2S. The molecule has 6 aromatic rings. The van der Waals surface area contributed by atoms with Crippen molar-refractivity contribution in [1.82, 2.24) is 9.55 Å². The van der Waals surface area contributed by atoms with Gasteiger partial charge in [0.15, 0.2) is 0 Å². The van der Waals surface area contributed by atoms with Gasteiger partial charge in [0.2, 0.25) is 0 Å². The Balaban J connectivity index is 1.66. The number of rotatable bonds is 3. The molecule has 0 radical (unpaired) electrons. The molecule has 0 aliphatic carbocycles. The van der Waals surface area contributed by atoms with Gasteiger partial charge in [-0.2, -0.15) is 0 Å². The molecule has 0 saturated heterocycles. The van der Waals surface area contributed by atoms with Gasteiger partial charge in [-0.25, -0.2) is 4.98 Å². The van der Waals surface area contributed by atoms with Gasteiger partial charge in [0.1, 0.15) is 5.82 Å². The van der Waals surface area contributed by atoms with Gasteiger partial charge in [0.25, 0.3) is 0 Å². The third-order valence-corrected chi connectivity index (χ3v) is 7.10. The predicted octanol–water partition coefficient (Wildman–Crippen LogP) is 7.88. The molecule has 0 N–H and O–H groups in total. The number of aryl methyl sites for hydroxylation is 1. The standard InChI is InChI=1S/C28H20N2S/c1-19-15-16-24-23-14-8-13-22(20-9-4-2-5-10-20)26(23)31-27(24)25(19)30-18-17-29-28(30)21-11-6-3-7-12-21/h2-18H,1H3. The van der Waals surface area contributed by atoms with Crippen molar-refractivity contribution >= 4 is 31.5 Å². The Labute approximate surface area is 185 Å². The summed E-state index contributed by atoms with van der Waals surface area (Å²) in [5.74, 6) is 0.969. The minimum absolute atomic E-state index is 0.969. The number of hydrogen-bond acceptors (Lipinski definition) is 2. The first-order chi connectivity index (χ1) is 15.3. The summed E-state index contributed by atoms with van der Waals surface area (Å²) in [6, 6.07) is 32.2. The third kappa shape index (κ3) is 2.89. The molecular weight excluding hydrogens is 396 g/mol. The molecule has 0 atom stereocenters. The van der Waals surface area contributed by atoms with Crippen LogP contribution >= 0.6 is 11.3 Å². The Hall–Kier alpha value is -3.69. The van der Waals surface area contributed by atoms with Crippen LogP contribution in [0.25, 0.3) is 48.4 Å². The van der Waals surface area contributed by atoms with Crippen LogP contribution in [0.2, 0.25) is 0 Å². The number of thiophene rings is 1. The van der Waals surface area contributed by atoms with E-state index in [9.17, 15) is 0 Å². The van der Waals surface area contributed by atoms with Gasteiger partial charge >= 0.3 is 0 Å². The lowest BCUT2D eigenvalue weighted by molar-refractivity contribution is 1.07. The highest BCUT2D eigenvalue weighted by Gasteiger charge is 2.17. The van der Waals surface area contributed by atoms with Crippen LogP contribution in [0.5, 0.6) is 0 Å². The van der Waals surface area contributed by atoms with Crippen LogP contribution in [0.1, 0.15) is 5.56 Å². The van der Waals surface area contributed by atoms with Crippen LogP contribution in [0.4, 0.5) is 0 Å².